The van der Waals surface area contributed by atoms with E-state index < -0.39 is 0 Å². The Morgan fingerprint density at radius 1 is 1.09 bits per heavy atom. The highest BCUT2D eigenvalue weighted by molar-refractivity contribution is 5.90. The molecule has 1 fully saturated rings. The van der Waals surface area contributed by atoms with Crippen LogP contribution < -0.4 is 10.1 Å². The quantitative estimate of drug-likeness (QED) is 0.873. The molecule has 2 aliphatic rings. The SMILES string of the molecule is CC1(C)CC(N2CCNCC2)c2ccc3ccccc3c2O1. The molecular formula is C19H24N2O. The Labute approximate surface area is 132 Å². The van der Waals surface area contributed by atoms with Gasteiger partial charge in [-0.2, -0.15) is 0 Å². The van der Waals surface area contributed by atoms with Crippen molar-refractivity contribution in [2.24, 2.45) is 0 Å². The van der Waals surface area contributed by atoms with E-state index in [1.165, 1.54) is 16.3 Å². The van der Waals surface area contributed by atoms with Gasteiger partial charge in [-0.05, 0) is 19.2 Å². The molecule has 0 saturated carbocycles. The number of benzene rings is 2. The van der Waals surface area contributed by atoms with E-state index in [4.69, 9.17) is 4.74 Å². The minimum atomic E-state index is -0.118. The third kappa shape index (κ3) is 2.38. The van der Waals surface area contributed by atoms with Gasteiger partial charge in [-0.1, -0.05) is 36.4 Å². The number of nitrogens with zero attached hydrogens (tertiary/aromatic N) is 1. The van der Waals surface area contributed by atoms with Crippen LogP contribution in [0.15, 0.2) is 36.4 Å². The Morgan fingerprint density at radius 3 is 2.68 bits per heavy atom. The lowest BCUT2D eigenvalue weighted by molar-refractivity contribution is 0.0275. The van der Waals surface area contributed by atoms with E-state index in [1.54, 1.807) is 0 Å². The molecule has 0 amide bonds. The maximum Gasteiger partial charge on any atom is 0.132 e. The van der Waals surface area contributed by atoms with Crippen LogP contribution >= 0.6 is 0 Å². The largest absolute Gasteiger partial charge is 0.487 e. The fourth-order valence-electron chi connectivity index (χ4n) is 3.85. The molecular weight excluding hydrogens is 272 g/mol. The maximum atomic E-state index is 6.41. The third-order valence-electron chi connectivity index (χ3n) is 4.92. The summed E-state index contributed by atoms with van der Waals surface area (Å²) in [6, 6.07) is 13.5. The highest BCUT2D eigenvalue weighted by Gasteiger charge is 2.37. The number of fused-ring (bicyclic) bond motifs is 3. The van der Waals surface area contributed by atoms with E-state index in [0.717, 1.165) is 38.3 Å². The van der Waals surface area contributed by atoms with Gasteiger partial charge in [0, 0.05) is 49.6 Å². The Kier molecular flexibility index (Phi) is 3.35. The van der Waals surface area contributed by atoms with Crippen molar-refractivity contribution in [3.63, 3.8) is 0 Å². The van der Waals surface area contributed by atoms with Crippen LogP contribution in [0.3, 0.4) is 0 Å². The molecule has 2 aromatic rings. The zero-order valence-corrected chi connectivity index (χ0v) is 13.4. The highest BCUT2D eigenvalue weighted by Crippen LogP contribution is 2.45. The lowest BCUT2D eigenvalue weighted by Gasteiger charge is -2.44. The average Bonchev–Trinajstić information content (AvgIpc) is 2.54. The Balaban J connectivity index is 1.84. The van der Waals surface area contributed by atoms with E-state index >= 15 is 0 Å². The van der Waals surface area contributed by atoms with Crippen LogP contribution in [0.2, 0.25) is 0 Å². The lowest BCUT2D eigenvalue weighted by atomic mass is 9.87. The fraction of sp³-hybridized carbons (Fsp3) is 0.474. The van der Waals surface area contributed by atoms with Crippen LogP contribution in [0.1, 0.15) is 31.9 Å². The Bertz CT molecular complexity index is 689. The van der Waals surface area contributed by atoms with Gasteiger partial charge < -0.3 is 10.1 Å². The number of nitrogens with one attached hydrogen (secondary N) is 1. The number of piperazine rings is 1. The Hall–Kier alpha value is -1.58. The lowest BCUT2D eigenvalue weighted by Crippen LogP contribution is -2.48. The molecule has 0 aliphatic carbocycles. The first-order valence-electron chi connectivity index (χ1n) is 8.29. The molecule has 1 saturated heterocycles. The van der Waals surface area contributed by atoms with Gasteiger partial charge in [-0.25, -0.2) is 0 Å². The molecule has 3 nitrogen and oxygen atoms in total. The number of hydrogen-bond acceptors (Lipinski definition) is 3. The minimum absolute atomic E-state index is 0.118. The highest BCUT2D eigenvalue weighted by atomic mass is 16.5. The van der Waals surface area contributed by atoms with Gasteiger partial charge in [0.1, 0.15) is 11.4 Å². The molecule has 0 bridgehead atoms. The zero-order chi connectivity index (χ0) is 15.2. The van der Waals surface area contributed by atoms with E-state index in [1.807, 2.05) is 0 Å². The summed E-state index contributed by atoms with van der Waals surface area (Å²) < 4.78 is 6.41. The molecule has 4 rings (SSSR count). The van der Waals surface area contributed by atoms with Crippen molar-refractivity contribution in [1.82, 2.24) is 10.2 Å². The predicted octanol–water partition coefficient (Wildman–Crippen LogP) is 3.35. The predicted molar refractivity (Wildman–Crippen MR) is 90.5 cm³/mol. The van der Waals surface area contributed by atoms with Gasteiger partial charge in [0.15, 0.2) is 0 Å². The van der Waals surface area contributed by atoms with Crippen molar-refractivity contribution in [2.45, 2.75) is 31.9 Å². The first-order chi connectivity index (χ1) is 10.6. The molecule has 0 spiro atoms. The number of rotatable bonds is 1. The molecule has 0 radical (unpaired) electrons. The Morgan fingerprint density at radius 2 is 1.86 bits per heavy atom. The minimum Gasteiger partial charge on any atom is -0.487 e. The summed E-state index contributed by atoms with van der Waals surface area (Å²) in [5.74, 6) is 1.10. The van der Waals surface area contributed by atoms with E-state index in [-0.39, 0.29) is 5.60 Å². The van der Waals surface area contributed by atoms with Gasteiger partial charge in [0.25, 0.3) is 0 Å². The average molecular weight is 296 g/mol. The van der Waals surface area contributed by atoms with Gasteiger partial charge in [-0.3, -0.25) is 4.90 Å². The van der Waals surface area contributed by atoms with Crippen molar-refractivity contribution >= 4 is 10.8 Å². The van der Waals surface area contributed by atoms with Crippen molar-refractivity contribution in [3.05, 3.63) is 42.0 Å². The van der Waals surface area contributed by atoms with Gasteiger partial charge in [0.2, 0.25) is 0 Å². The first kappa shape index (κ1) is 14.0. The standard InChI is InChI=1S/C19H24N2O/c1-19(2)13-17(21-11-9-20-10-12-21)16-8-7-14-5-3-4-6-15(14)18(16)22-19/h3-8,17,20H,9-13H2,1-2H3. The van der Waals surface area contributed by atoms with E-state index in [0.29, 0.717) is 6.04 Å². The molecule has 116 valence electrons. The van der Waals surface area contributed by atoms with Crippen molar-refractivity contribution in [2.75, 3.05) is 26.2 Å². The summed E-state index contributed by atoms with van der Waals surface area (Å²) in [5.41, 5.74) is 1.24. The molecule has 3 heteroatoms. The number of ether oxygens (including phenoxy) is 1. The van der Waals surface area contributed by atoms with Gasteiger partial charge in [0.05, 0.1) is 0 Å². The summed E-state index contributed by atoms with van der Waals surface area (Å²) in [6.07, 6.45) is 1.05. The third-order valence-corrected chi connectivity index (χ3v) is 4.92. The number of hydrogen-bond donors (Lipinski definition) is 1. The van der Waals surface area contributed by atoms with Crippen LogP contribution in [0, 0.1) is 0 Å². The van der Waals surface area contributed by atoms with E-state index in [2.05, 4.69) is 60.5 Å². The molecule has 1 unspecified atom stereocenters. The molecule has 2 heterocycles. The molecule has 0 aromatic heterocycles. The van der Waals surface area contributed by atoms with Crippen LogP contribution in [-0.2, 0) is 0 Å². The van der Waals surface area contributed by atoms with Gasteiger partial charge >= 0.3 is 0 Å². The molecule has 2 aliphatic heterocycles. The van der Waals surface area contributed by atoms with Crippen molar-refractivity contribution < 1.29 is 4.74 Å². The molecule has 22 heavy (non-hydrogen) atoms. The second kappa shape index (κ2) is 5.25. The van der Waals surface area contributed by atoms with Crippen LogP contribution in [0.25, 0.3) is 10.8 Å². The summed E-state index contributed by atoms with van der Waals surface area (Å²) in [4.78, 5) is 2.62. The summed E-state index contributed by atoms with van der Waals surface area (Å²) >= 11 is 0. The second-order valence-corrected chi connectivity index (χ2v) is 7.07. The van der Waals surface area contributed by atoms with Crippen molar-refractivity contribution in [3.8, 4) is 5.75 Å². The normalized spacial score (nSPS) is 24.7. The van der Waals surface area contributed by atoms with Crippen LogP contribution in [0.4, 0.5) is 0 Å². The summed E-state index contributed by atoms with van der Waals surface area (Å²) in [7, 11) is 0. The van der Waals surface area contributed by atoms with Crippen LogP contribution in [0.5, 0.6) is 5.75 Å². The topological polar surface area (TPSA) is 24.5 Å². The second-order valence-electron chi connectivity index (χ2n) is 7.07. The van der Waals surface area contributed by atoms with Crippen molar-refractivity contribution in [1.29, 1.82) is 0 Å². The maximum absolute atomic E-state index is 6.41. The van der Waals surface area contributed by atoms with Gasteiger partial charge in [-0.15, -0.1) is 0 Å². The molecule has 1 atom stereocenters. The summed E-state index contributed by atoms with van der Waals surface area (Å²) in [6.45, 7) is 8.83. The molecule has 2 aromatic carbocycles. The zero-order valence-electron chi connectivity index (χ0n) is 13.4. The summed E-state index contributed by atoms with van der Waals surface area (Å²) in [5, 5.41) is 5.96. The first-order valence-corrected chi connectivity index (χ1v) is 8.29. The molecule has 1 N–H and O–H groups in total. The monoisotopic (exact) mass is 296 g/mol. The smallest absolute Gasteiger partial charge is 0.132 e. The fourth-order valence-corrected chi connectivity index (χ4v) is 3.85. The van der Waals surface area contributed by atoms with Crippen LogP contribution in [-0.4, -0.2) is 36.7 Å². The van der Waals surface area contributed by atoms with E-state index in [9.17, 15) is 0 Å².